The minimum absolute atomic E-state index is 0.526. The van der Waals surface area contributed by atoms with E-state index in [0.29, 0.717) is 17.2 Å². The lowest BCUT2D eigenvalue weighted by Crippen LogP contribution is -2.31. The van der Waals surface area contributed by atoms with Gasteiger partial charge in [0.2, 0.25) is 0 Å². The van der Waals surface area contributed by atoms with Crippen molar-refractivity contribution in [2.45, 2.75) is 0 Å². The summed E-state index contributed by atoms with van der Waals surface area (Å²) in [6.07, 6.45) is 0. The van der Waals surface area contributed by atoms with Gasteiger partial charge in [0.1, 0.15) is 0 Å². The normalized spacial score (nSPS) is 9.53. The number of carbonyl (C=O) groups excluding carboxylic acids is 1. The maximum Gasteiger partial charge on any atom is 0.318 e. The molecule has 0 fully saturated rings. The molecule has 1 aromatic carbocycles. The molecule has 0 saturated heterocycles. The van der Waals surface area contributed by atoms with Crippen molar-refractivity contribution in [2.75, 3.05) is 26.2 Å². The lowest BCUT2D eigenvalue weighted by Gasteiger charge is -2.16. The summed E-state index contributed by atoms with van der Waals surface area (Å²) in [6.45, 7) is 0. The maximum absolute atomic E-state index is 10.9. The zero-order chi connectivity index (χ0) is 11.4. The molecule has 82 valence electrons. The third-order valence-electron chi connectivity index (χ3n) is 2.09. The van der Waals surface area contributed by atoms with Crippen LogP contribution in [0.2, 0.25) is 0 Å². The number of methoxy groups -OCH3 is 2. The molecule has 5 heteroatoms. The second-order valence-electron chi connectivity index (χ2n) is 2.94. The quantitative estimate of drug-likeness (QED) is 0.815. The van der Waals surface area contributed by atoms with Gasteiger partial charge in [-0.05, 0) is 12.1 Å². The Morgan fingerprint density at radius 3 is 2.33 bits per heavy atom. The Morgan fingerprint density at radius 1 is 1.27 bits per heavy atom. The minimum atomic E-state index is -0.526. The Bertz CT molecular complexity index is 366. The number of nitrogens with two attached hydrogens (primary N) is 1. The van der Waals surface area contributed by atoms with Crippen LogP contribution in [0.4, 0.5) is 10.5 Å². The van der Waals surface area contributed by atoms with Gasteiger partial charge in [0, 0.05) is 18.8 Å². The zero-order valence-corrected chi connectivity index (χ0v) is 8.98. The van der Waals surface area contributed by atoms with Crippen LogP contribution in [0.1, 0.15) is 0 Å². The number of ether oxygens (including phenoxy) is 2. The van der Waals surface area contributed by atoms with Gasteiger partial charge >= 0.3 is 6.03 Å². The van der Waals surface area contributed by atoms with Gasteiger partial charge in [-0.1, -0.05) is 0 Å². The number of nitrogens with zero attached hydrogens (tertiary/aromatic N) is 1. The van der Waals surface area contributed by atoms with Crippen LogP contribution in [-0.4, -0.2) is 27.3 Å². The van der Waals surface area contributed by atoms with Crippen molar-refractivity contribution in [2.24, 2.45) is 5.73 Å². The summed E-state index contributed by atoms with van der Waals surface area (Å²) in [5.41, 5.74) is 5.80. The Hall–Kier alpha value is -1.91. The van der Waals surface area contributed by atoms with Crippen LogP contribution in [-0.2, 0) is 0 Å². The molecule has 0 radical (unpaired) electrons. The van der Waals surface area contributed by atoms with E-state index in [1.807, 2.05) is 0 Å². The smallest absolute Gasteiger partial charge is 0.318 e. The standard InChI is InChI=1S/C10H14N2O3/c1-12(10(11)13)7-4-5-8(14-2)9(6-7)15-3/h4-6H,1-3H3,(H2,11,13). The van der Waals surface area contributed by atoms with Gasteiger partial charge < -0.3 is 15.2 Å². The molecule has 2 amide bonds. The van der Waals surface area contributed by atoms with E-state index in [-0.39, 0.29) is 0 Å². The third-order valence-corrected chi connectivity index (χ3v) is 2.09. The van der Waals surface area contributed by atoms with Crippen LogP contribution in [0.15, 0.2) is 18.2 Å². The lowest BCUT2D eigenvalue weighted by molar-refractivity contribution is 0.255. The molecule has 0 atom stereocenters. The molecule has 0 saturated carbocycles. The number of amides is 2. The van der Waals surface area contributed by atoms with Gasteiger partial charge in [-0.15, -0.1) is 0 Å². The Kier molecular flexibility index (Phi) is 3.38. The number of hydrogen-bond acceptors (Lipinski definition) is 3. The molecule has 1 rings (SSSR count). The highest BCUT2D eigenvalue weighted by atomic mass is 16.5. The monoisotopic (exact) mass is 210 g/mol. The molecule has 0 aromatic heterocycles. The molecule has 1 aromatic rings. The van der Waals surface area contributed by atoms with Crippen LogP contribution >= 0.6 is 0 Å². The highest BCUT2D eigenvalue weighted by molar-refractivity contribution is 5.90. The van der Waals surface area contributed by atoms with E-state index in [9.17, 15) is 4.79 Å². The van der Waals surface area contributed by atoms with Crippen molar-refractivity contribution in [1.29, 1.82) is 0 Å². The Balaban J connectivity index is 3.07. The molecule has 0 heterocycles. The molecule has 0 unspecified atom stereocenters. The van der Waals surface area contributed by atoms with Gasteiger partial charge in [-0.25, -0.2) is 4.79 Å². The van der Waals surface area contributed by atoms with Crippen molar-refractivity contribution < 1.29 is 14.3 Å². The maximum atomic E-state index is 10.9. The second-order valence-corrected chi connectivity index (χ2v) is 2.94. The predicted molar refractivity (Wildman–Crippen MR) is 57.5 cm³/mol. The van der Waals surface area contributed by atoms with Crippen LogP contribution in [0.5, 0.6) is 11.5 Å². The van der Waals surface area contributed by atoms with Crippen LogP contribution < -0.4 is 20.1 Å². The van der Waals surface area contributed by atoms with E-state index in [1.54, 1.807) is 32.4 Å². The number of carbonyl (C=O) groups is 1. The predicted octanol–water partition coefficient (Wildman–Crippen LogP) is 1.22. The number of benzene rings is 1. The topological polar surface area (TPSA) is 64.8 Å². The first-order chi connectivity index (χ1) is 7.10. The van der Waals surface area contributed by atoms with E-state index in [4.69, 9.17) is 15.2 Å². The van der Waals surface area contributed by atoms with Gasteiger partial charge in [-0.3, -0.25) is 4.90 Å². The van der Waals surface area contributed by atoms with Crippen molar-refractivity contribution >= 4 is 11.7 Å². The van der Waals surface area contributed by atoms with E-state index in [1.165, 1.54) is 12.0 Å². The summed E-state index contributed by atoms with van der Waals surface area (Å²) in [4.78, 5) is 12.3. The Labute approximate surface area is 88.4 Å². The fourth-order valence-electron chi connectivity index (χ4n) is 1.16. The molecule has 15 heavy (non-hydrogen) atoms. The number of urea groups is 1. The summed E-state index contributed by atoms with van der Waals surface area (Å²) < 4.78 is 10.2. The average molecular weight is 210 g/mol. The molecule has 0 aliphatic rings. The zero-order valence-electron chi connectivity index (χ0n) is 8.98. The van der Waals surface area contributed by atoms with Gasteiger partial charge in [-0.2, -0.15) is 0 Å². The lowest BCUT2D eigenvalue weighted by atomic mass is 10.2. The molecule has 2 N–H and O–H groups in total. The molecule has 0 aliphatic carbocycles. The van der Waals surface area contributed by atoms with E-state index >= 15 is 0 Å². The second kappa shape index (κ2) is 4.54. The summed E-state index contributed by atoms with van der Waals surface area (Å²) in [6, 6.07) is 4.60. The number of hydrogen-bond donors (Lipinski definition) is 1. The number of anilines is 1. The summed E-state index contributed by atoms with van der Waals surface area (Å²) in [5.74, 6) is 1.17. The molecule has 5 nitrogen and oxygen atoms in total. The first-order valence-electron chi connectivity index (χ1n) is 4.35. The van der Waals surface area contributed by atoms with Crippen LogP contribution in [0, 0.1) is 0 Å². The SMILES string of the molecule is COc1ccc(N(C)C(N)=O)cc1OC. The van der Waals surface area contributed by atoms with Gasteiger partial charge in [0.05, 0.1) is 14.2 Å². The first kappa shape index (κ1) is 11.2. The summed E-state index contributed by atoms with van der Waals surface area (Å²) in [5, 5.41) is 0. The summed E-state index contributed by atoms with van der Waals surface area (Å²) in [7, 11) is 4.67. The average Bonchev–Trinajstić information content (AvgIpc) is 2.26. The third kappa shape index (κ3) is 2.31. The van der Waals surface area contributed by atoms with E-state index in [0.717, 1.165) is 0 Å². The molecular weight excluding hydrogens is 196 g/mol. The van der Waals surface area contributed by atoms with E-state index in [2.05, 4.69) is 0 Å². The van der Waals surface area contributed by atoms with Crippen molar-refractivity contribution in [3.63, 3.8) is 0 Å². The Morgan fingerprint density at radius 2 is 1.87 bits per heavy atom. The molecule has 0 bridgehead atoms. The highest BCUT2D eigenvalue weighted by Gasteiger charge is 2.10. The first-order valence-corrected chi connectivity index (χ1v) is 4.35. The minimum Gasteiger partial charge on any atom is -0.493 e. The van der Waals surface area contributed by atoms with Crippen LogP contribution in [0.25, 0.3) is 0 Å². The molecule has 0 spiro atoms. The van der Waals surface area contributed by atoms with Gasteiger partial charge in [0.25, 0.3) is 0 Å². The van der Waals surface area contributed by atoms with Crippen molar-refractivity contribution in [3.05, 3.63) is 18.2 Å². The largest absolute Gasteiger partial charge is 0.493 e. The number of rotatable bonds is 3. The number of primary amides is 1. The van der Waals surface area contributed by atoms with Crippen molar-refractivity contribution in [1.82, 2.24) is 0 Å². The summed E-state index contributed by atoms with van der Waals surface area (Å²) >= 11 is 0. The van der Waals surface area contributed by atoms with Crippen molar-refractivity contribution in [3.8, 4) is 11.5 Å². The fraction of sp³-hybridized carbons (Fsp3) is 0.300. The molecular formula is C10H14N2O3. The fourth-order valence-corrected chi connectivity index (χ4v) is 1.16. The van der Waals surface area contributed by atoms with Gasteiger partial charge in [0.15, 0.2) is 11.5 Å². The van der Waals surface area contributed by atoms with E-state index < -0.39 is 6.03 Å². The van der Waals surface area contributed by atoms with Crippen LogP contribution in [0.3, 0.4) is 0 Å². The molecule has 0 aliphatic heterocycles. The highest BCUT2D eigenvalue weighted by Crippen LogP contribution is 2.30.